The molecule has 0 aromatic heterocycles. The molecule has 0 unspecified atom stereocenters. The van der Waals surface area contributed by atoms with Crippen LogP contribution in [0.5, 0.6) is 11.5 Å². The van der Waals surface area contributed by atoms with Crippen LogP contribution in [0.25, 0.3) is 33.4 Å². The monoisotopic (exact) mass is 395 g/mol. The van der Waals surface area contributed by atoms with Crippen LogP contribution in [0, 0.1) is 0 Å². The molecule has 5 rings (SSSR count). The Kier molecular flexibility index (Phi) is 4.56. The molecule has 2 heterocycles. The fourth-order valence-corrected chi connectivity index (χ4v) is 3.91. The van der Waals surface area contributed by atoms with E-state index in [0.717, 1.165) is 50.5 Å². The van der Waals surface area contributed by atoms with E-state index in [1.165, 1.54) is 0 Å². The number of rotatable bonds is 5. The Morgan fingerprint density at radius 2 is 1.57 bits per heavy atom. The van der Waals surface area contributed by atoms with Crippen molar-refractivity contribution in [3.05, 3.63) is 84.6 Å². The van der Waals surface area contributed by atoms with Crippen molar-refractivity contribution in [1.82, 2.24) is 14.8 Å². The summed E-state index contributed by atoms with van der Waals surface area (Å²) in [6, 6.07) is 24.3. The number of ether oxygens (including phenoxy) is 2. The number of aromatic nitrogens is 3. The first-order valence-electron chi connectivity index (χ1n) is 9.79. The first kappa shape index (κ1) is 18.2. The summed E-state index contributed by atoms with van der Waals surface area (Å²) in [5.41, 5.74) is 5.98. The van der Waals surface area contributed by atoms with Crippen molar-refractivity contribution in [2.45, 2.75) is 6.54 Å². The molecular weight excluding hydrogens is 374 g/mol. The van der Waals surface area contributed by atoms with Gasteiger partial charge in [-0.25, -0.2) is 0 Å². The predicted octanol–water partition coefficient (Wildman–Crippen LogP) is 5.27. The van der Waals surface area contributed by atoms with Crippen LogP contribution in [-0.2, 0) is 6.54 Å². The molecule has 0 aliphatic carbocycles. The molecule has 0 atom stereocenters. The maximum Gasteiger partial charge on any atom is 0.123 e. The number of hydrogen-bond donors (Lipinski definition) is 0. The van der Waals surface area contributed by atoms with Crippen LogP contribution < -0.4 is 9.47 Å². The average molecular weight is 395 g/mol. The average Bonchev–Trinajstić information content (AvgIpc) is 3.24. The van der Waals surface area contributed by atoms with Crippen LogP contribution >= 0.6 is 0 Å². The van der Waals surface area contributed by atoms with E-state index < -0.39 is 0 Å². The van der Waals surface area contributed by atoms with Gasteiger partial charge in [0.05, 0.1) is 26.3 Å². The summed E-state index contributed by atoms with van der Waals surface area (Å²) in [7, 11) is 3.38. The Hall–Kier alpha value is -3.86. The molecule has 0 spiro atoms. The number of benzene rings is 3. The van der Waals surface area contributed by atoms with Crippen molar-refractivity contribution in [3.8, 4) is 34.0 Å². The highest BCUT2D eigenvalue weighted by Gasteiger charge is 2.21. The first-order valence-corrected chi connectivity index (χ1v) is 9.79. The highest BCUT2D eigenvalue weighted by atomic mass is 16.5. The third-order valence-electron chi connectivity index (χ3n) is 5.39. The normalized spacial score (nSPS) is 11.1. The maximum atomic E-state index is 5.57. The summed E-state index contributed by atoms with van der Waals surface area (Å²) in [6.45, 7) is 0.669. The minimum atomic E-state index is 0.669. The molecule has 5 nitrogen and oxygen atoms in total. The van der Waals surface area contributed by atoms with Crippen LogP contribution in [0.1, 0.15) is 5.56 Å². The lowest BCUT2D eigenvalue weighted by atomic mass is 10.0. The standard InChI is InChI=1S/C25H21N3O2/c1-29-19-12-13-22-20(14-19)25-21(24(26-27-25)17-8-4-3-5-9-17)16-28(22)15-18-10-6-7-11-23(18)30-2/h3-14,16H,15H2,1-2H3. The van der Waals surface area contributed by atoms with Gasteiger partial charge in [0.2, 0.25) is 0 Å². The molecule has 5 heteroatoms. The van der Waals surface area contributed by atoms with Gasteiger partial charge in [-0.2, -0.15) is 0 Å². The maximum absolute atomic E-state index is 5.57. The van der Waals surface area contributed by atoms with E-state index >= 15 is 0 Å². The van der Waals surface area contributed by atoms with E-state index in [1.807, 2.05) is 48.5 Å². The Morgan fingerprint density at radius 1 is 0.800 bits per heavy atom. The van der Waals surface area contributed by atoms with E-state index in [-0.39, 0.29) is 0 Å². The zero-order chi connectivity index (χ0) is 20.5. The second-order valence-electron chi connectivity index (χ2n) is 7.13. The van der Waals surface area contributed by atoms with Crippen molar-refractivity contribution < 1.29 is 9.47 Å². The van der Waals surface area contributed by atoms with Gasteiger partial charge >= 0.3 is 0 Å². The molecule has 30 heavy (non-hydrogen) atoms. The van der Waals surface area contributed by atoms with Crippen LogP contribution in [0.2, 0.25) is 0 Å². The Morgan fingerprint density at radius 3 is 2.37 bits per heavy atom. The van der Waals surface area contributed by atoms with Gasteiger partial charge in [-0.1, -0.05) is 48.5 Å². The van der Waals surface area contributed by atoms with Gasteiger partial charge in [-0.05, 0) is 24.3 Å². The third-order valence-corrected chi connectivity index (χ3v) is 5.39. The molecule has 0 N–H and O–H groups in total. The molecule has 148 valence electrons. The van der Waals surface area contributed by atoms with Crippen LogP contribution in [0.15, 0.2) is 79.0 Å². The first-order chi connectivity index (χ1) is 14.8. The molecule has 0 saturated carbocycles. The molecule has 0 radical (unpaired) electrons. The van der Waals surface area contributed by atoms with Crippen LogP contribution in [0.4, 0.5) is 0 Å². The van der Waals surface area contributed by atoms with Gasteiger partial charge in [-0.15, -0.1) is 10.2 Å². The lowest BCUT2D eigenvalue weighted by Crippen LogP contribution is -2.05. The number of nitrogens with zero attached hydrogens (tertiary/aromatic N) is 3. The van der Waals surface area contributed by atoms with Crippen molar-refractivity contribution in [3.63, 3.8) is 0 Å². The molecule has 0 fully saturated rings. The number of methoxy groups -OCH3 is 2. The highest BCUT2D eigenvalue weighted by Crippen LogP contribution is 2.38. The van der Waals surface area contributed by atoms with E-state index in [0.29, 0.717) is 6.54 Å². The van der Waals surface area contributed by atoms with Crippen molar-refractivity contribution >= 4 is 10.9 Å². The quantitative estimate of drug-likeness (QED) is 0.407. The Balaban J connectivity index is 1.75. The highest BCUT2D eigenvalue weighted by molar-refractivity contribution is 5.98. The summed E-state index contributed by atoms with van der Waals surface area (Å²) in [6.07, 6.45) is 2.14. The van der Waals surface area contributed by atoms with E-state index in [2.05, 4.69) is 45.2 Å². The van der Waals surface area contributed by atoms with E-state index in [1.54, 1.807) is 14.2 Å². The van der Waals surface area contributed by atoms with Gasteiger partial charge in [-0.3, -0.25) is 0 Å². The lowest BCUT2D eigenvalue weighted by molar-refractivity contribution is 0.408. The van der Waals surface area contributed by atoms with Gasteiger partial charge in [0, 0.05) is 28.3 Å². The second kappa shape index (κ2) is 7.52. The number of para-hydroxylation sites is 1. The minimum absolute atomic E-state index is 0.669. The summed E-state index contributed by atoms with van der Waals surface area (Å²) < 4.78 is 13.3. The zero-order valence-electron chi connectivity index (χ0n) is 16.9. The van der Waals surface area contributed by atoms with Gasteiger partial charge < -0.3 is 14.0 Å². The summed E-state index contributed by atoms with van der Waals surface area (Å²) in [5.74, 6) is 1.66. The fraction of sp³-hybridized carbons (Fsp3) is 0.120. The van der Waals surface area contributed by atoms with Crippen molar-refractivity contribution in [2.75, 3.05) is 14.2 Å². The Labute approximate surface area is 174 Å². The minimum Gasteiger partial charge on any atom is -0.497 e. The predicted molar refractivity (Wildman–Crippen MR) is 118 cm³/mol. The summed E-state index contributed by atoms with van der Waals surface area (Å²) in [4.78, 5) is 0. The van der Waals surface area contributed by atoms with Gasteiger partial charge in [0.15, 0.2) is 0 Å². The van der Waals surface area contributed by atoms with E-state index in [9.17, 15) is 0 Å². The SMILES string of the molecule is COc1ccc2c(c1)c1nnc(-c3ccccc3)c-1cn2Cc1ccccc1OC. The topological polar surface area (TPSA) is 49.2 Å². The molecule has 3 aromatic carbocycles. The van der Waals surface area contributed by atoms with Gasteiger partial charge in [0.25, 0.3) is 0 Å². The van der Waals surface area contributed by atoms with Crippen LogP contribution in [0.3, 0.4) is 0 Å². The Bertz CT molecular complexity index is 1290. The molecule has 0 bridgehead atoms. The van der Waals surface area contributed by atoms with Gasteiger partial charge in [0.1, 0.15) is 22.9 Å². The summed E-state index contributed by atoms with van der Waals surface area (Å²) in [5, 5.41) is 10.1. The zero-order valence-corrected chi connectivity index (χ0v) is 16.9. The third kappa shape index (κ3) is 3.05. The molecule has 2 aliphatic rings. The van der Waals surface area contributed by atoms with Crippen LogP contribution in [-0.4, -0.2) is 29.0 Å². The van der Waals surface area contributed by atoms with E-state index in [4.69, 9.17) is 9.47 Å². The molecule has 0 amide bonds. The summed E-state index contributed by atoms with van der Waals surface area (Å²) >= 11 is 0. The number of fused-ring (bicyclic) bond motifs is 3. The lowest BCUT2D eigenvalue weighted by Gasteiger charge is -2.17. The fourth-order valence-electron chi connectivity index (χ4n) is 3.91. The number of pyridine rings is 1. The largest absolute Gasteiger partial charge is 0.497 e. The van der Waals surface area contributed by atoms with Crippen molar-refractivity contribution in [2.24, 2.45) is 0 Å². The number of hydrogen-bond acceptors (Lipinski definition) is 4. The molecule has 2 aliphatic heterocycles. The molecule has 3 aromatic rings. The molecular formula is C25H21N3O2. The van der Waals surface area contributed by atoms with Crippen molar-refractivity contribution in [1.29, 1.82) is 0 Å². The molecule has 0 saturated heterocycles. The second-order valence-corrected chi connectivity index (χ2v) is 7.13. The smallest absolute Gasteiger partial charge is 0.123 e.